The fourth-order valence-corrected chi connectivity index (χ4v) is 2.12. The summed E-state index contributed by atoms with van der Waals surface area (Å²) in [4.78, 5) is 35.0. The topological polar surface area (TPSA) is 137 Å². The average molecular weight is 384 g/mol. The number of anilines is 1. The van der Waals surface area contributed by atoms with Gasteiger partial charge in [0, 0.05) is 12.1 Å². The minimum Gasteiger partial charge on any atom is -0.459 e. The third-order valence-electron chi connectivity index (χ3n) is 3.42. The maximum absolute atomic E-state index is 11.8. The molecule has 0 unspecified atom stereocenters. The summed E-state index contributed by atoms with van der Waals surface area (Å²) in [6.07, 6.45) is 1.27. The lowest BCUT2D eigenvalue weighted by Gasteiger charge is -2.05. The minimum atomic E-state index is -0.648. The van der Waals surface area contributed by atoms with Crippen LogP contribution < -0.4 is 10.6 Å². The molecule has 0 atom stereocenters. The van der Waals surface area contributed by atoms with E-state index in [9.17, 15) is 14.4 Å². The number of carbonyl (C=O) groups excluding carboxylic acids is 3. The number of furan rings is 1. The first kappa shape index (κ1) is 18.8. The van der Waals surface area contributed by atoms with Crippen molar-refractivity contribution in [3.8, 4) is 11.5 Å². The number of nitrogens with one attached hydrogen (secondary N) is 2. The Morgan fingerprint density at radius 3 is 2.61 bits per heavy atom. The molecular weight excluding hydrogens is 368 g/mol. The van der Waals surface area contributed by atoms with Gasteiger partial charge in [-0.15, -0.1) is 5.10 Å². The van der Waals surface area contributed by atoms with Crippen LogP contribution in [0.2, 0.25) is 0 Å². The van der Waals surface area contributed by atoms with E-state index in [0.29, 0.717) is 5.56 Å². The number of amides is 2. The predicted molar refractivity (Wildman–Crippen MR) is 95.0 cm³/mol. The number of hydrogen-bond acceptors (Lipinski definition) is 8. The number of benzene rings is 1. The lowest BCUT2D eigenvalue weighted by Crippen LogP contribution is -2.27. The van der Waals surface area contributed by atoms with Gasteiger partial charge in [-0.2, -0.15) is 0 Å². The zero-order chi connectivity index (χ0) is 19.8. The van der Waals surface area contributed by atoms with Gasteiger partial charge in [-0.3, -0.25) is 19.7 Å². The van der Waals surface area contributed by atoms with Crippen LogP contribution in [0.25, 0.3) is 11.5 Å². The van der Waals surface area contributed by atoms with Gasteiger partial charge >= 0.3 is 12.0 Å². The standard InChI is InChI=1S/C18H16N4O6/c23-14(20-18-22-21-17(28-18)12-5-2-1-3-6-12)11-27-15(24)8-9-19-16(25)13-7-4-10-26-13/h1-7,10H,8-9,11H2,(H,19,25)(H,20,22,23). The molecule has 2 N–H and O–H groups in total. The lowest BCUT2D eigenvalue weighted by molar-refractivity contribution is -0.147. The number of nitrogens with zero attached hydrogens (tertiary/aromatic N) is 2. The van der Waals surface area contributed by atoms with Gasteiger partial charge in [0.25, 0.3) is 11.8 Å². The number of rotatable bonds is 8. The second-order valence-electron chi connectivity index (χ2n) is 5.47. The molecule has 2 heterocycles. The predicted octanol–water partition coefficient (Wildman–Crippen LogP) is 1.63. The molecule has 0 aliphatic heterocycles. The summed E-state index contributed by atoms with van der Waals surface area (Å²) in [5, 5.41) is 12.4. The number of aromatic nitrogens is 2. The van der Waals surface area contributed by atoms with E-state index in [1.165, 1.54) is 12.3 Å². The molecule has 28 heavy (non-hydrogen) atoms. The van der Waals surface area contributed by atoms with Crippen LogP contribution in [-0.4, -0.2) is 41.1 Å². The molecule has 2 aromatic heterocycles. The van der Waals surface area contributed by atoms with Gasteiger partial charge in [0.05, 0.1) is 12.7 Å². The van der Waals surface area contributed by atoms with Crippen molar-refractivity contribution in [2.45, 2.75) is 6.42 Å². The average Bonchev–Trinajstić information content (AvgIpc) is 3.39. The van der Waals surface area contributed by atoms with E-state index in [2.05, 4.69) is 20.8 Å². The van der Waals surface area contributed by atoms with Crippen molar-refractivity contribution in [3.63, 3.8) is 0 Å². The zero-order valence-electron chi connectivity index (χ0n) is 14.6. The molecule has 0 aliphatic carbocycles. The van der Waals surface area contributed by atoms with Crippen LogP contribution in [0.4, 0.5) is 6.01 Å². The Bertz CT molecular complexity index is 936. The van der Waals surface area contributed by atoms with Crippen LogP contribution in [0.5, 0.6) is 0 Å². The quantitative estimate of drug-likeness (QED) is 0.559. The van der Waals surface area contributed by atoms with Crippen LogP contribution >= 0.6 is 0 Å². The van der Waals surface area contributed by atoms with Crippen molar-refractivity contribution in [1.29, 1.82) is 0 Å². The van der Waals surface area contributed by atoms with E-state index in [1.54, 1.807) is 18.2 Å². The van der Waals surface area contributed by atoms with Crippen molar-refractivity contribution >= 4 is 23.8 Å². The maximum atomic E-state index is 11.8. The molecule has 2 amide bonds. The number of esters is 1. The van der Waals surface area contributed by atoms with Gasteiger partial charge in [0.2, 0.25) is 5.89 Å². The van der Waals surface area contributed by atoms with E-state index >= 15 is 0 Å². The monoisotopic (exact) mass is 384 g/mol. The summed E-state index contributed by atoms with van der Waals surface area (Å²) < 4.78 is 15.1. The Kier molecular flexibility index (Phi) is 6.13. The Balaban J connectivity index is 1.36. The molecular formula is C18H16N4O6. The molecule has 0 radical (unpaired) electrons. The summed E-state index contributed by atoms with van der Waals surface area (Å²) in [5.41, 5.74) is 0.707. The molecule has 0 aliphatic rings. The highest BCUT2D eigenvalue weighted by atomic mass is 16.5. The molecule has 0 spiro atoms. The summed E-state index contributed by atoms with van der Waals surface area (Å²) in [6, 6.07) is 12.0. The number of hydrogen-bond donors (Lipinski definition) is 2. The molecule has 0 bridgehead atoms. The molecule has 3 rings (SSSR count). The molecule has 1 aromatic carbocycles. The van der Waals surface area contributed by atoms with Crippen molar-refractivity contribution in [1.82, 2.24) is 15.5 Å². The molecule has 0 fully saturated rings. The van der Waals surface area contributed by atoms with Crippen molar-refractivity contribution in [2.24, 2.45) is 0 Å². The van der Waals surface area contributed by atoms with E-state index in [0.717, 1.165) is 0 Å². The summed E-state index contributed by atoms with van der Waals surface area (Å²) in [5.74, 6) is -1.33. The van der Waals surface area contributed by atoms with Crippen molar-refractivity contribution in [2.75, 3.05) is 18.5 Å². The number of ether oxygens (including phenoxy) is 1. The van der Waals surface area contributed by atoms with Crippen LogP contribution in [0.15, 0.2) is 57.6 Å². The SMILES string of the molecule is O=C(COC(=O)CCNC(=O)c1ccco1)Nc1nnc(-c2ccccc2)o1. The minimum absolute atomic E-state index is 0.0457. The molecule has 0 saturated carbocycles. The lowest BCUT2D eigenvalue weighted by atomic mass is 10.2. The van der Waals surface area contributed by atoms with Crippen LogP contribution in [0.1, 0.15) is 17.0 Å². The van der Waals surface area contributed by atoms with E-state index in [-0.39, 0.29) is 30.6 Å². The van der Waals surface area contributed by atoms with Gasteiger partial charge in [-0.1, -0.05) is 23.3 Å². The molecule has 10 nitrogen and oxygen atoms in total. The van der Waals surface area contributed by atoms with E-state index in [4.69, 9.17) is 13.6 Å². The third-order valence-corrected chi connectivity index (χ3v) is 3.42. The van der Waals surface area contributed by atoms with Crippen LogP contribution in [0.3, 0.4) is 0 Å². The Morgan fingerprint density at radius 2 is 1.86 bits per heavy atom. The van der Waals surface area contributed by atoms with Crippen LogP contribution in [-0.2, 0) is 14.3 Å². The van der Waals surface area contributed by atoms with E-state index in [1.807, 2.05) is 18.2 Å². The third kappa shape index (κ3) is 5.27. The largest absolute Gasteiger partial charge is 0.459 e. The molecule has 3 aromatic rings. The normalized spacial score (nSPS) is 10.3. The summed E-state index contributed by atoms with van der Waals surface area (Å²) >= 11 is 0. The fraction of sp³-hybridized carbons (Fsp3) is 0.167. The zero-order valence-corrected chi connectivity index (χ0v) is 14.6. The van der Waals surface area contributed by atoms with E-state index < -0.39 is 24.4 Å². The first-order valence-corrected chi connectivity index (χ1v) is 8.28. The highest BCUT2D eigenvalue weighted by Gasteiger charge is 2.14. The first-order chi connectivity index (χ1) is 13.6. The molecule has 0 saturated heterocycles. The first-order valence-electron chi connectivity index (χ1n) is 8.28. The van der Waals surface area contributed by atoms with Gasteiger partial charge < -0.3 is 18.9 Å². The van der Waals surface area contributed by atoms with Gasteiger partial charge in [-0.25, -0.2) is 0 Å². The number of carbonyl (C=O) groups is 3. The second kappa shape index (κ2) is 9.12. The fourth-order valence-electron chi connectivity index (χ4n) is 2.12. The Labute approximate surface area is 158 Å². The van der Waals surface area contributed by atoms with Gasteiger partial charge in [0.15, 0.2) is 12.4 Å². The van der Waals surface area contributed by atoms with Crippen molar-refractivity contribution < 1.29 is 28.0 Å². The smallest absolute Gasteiger partial charge is 0.322 e. The van der Waals surface area contributed by atoms with Gasteiger partial charge in [-0.05, 0) is 24.3 Å². The highest BCUT2D eigenvalue weighted by molar-refractivity contribution is 5.92. The second-order valence-corrected chi connectivity index (χ2v) is 5.47. The maximum Gasteiger partial charge on any atom is 0.322 e. The van der Waals surface area contributed by atoms with Crippen LogP contribution in [0, 0.1) is 0 Å². The summed E-state index contributed by atoms with van der Waals surface area (Å²) in [6.45, 7) is -0.474. The molecule has 144 valence electrons. The highest BCUT2D eigenvalue weighted by Crippen LogP contribution is 2.18. The Hall–Kier alpha value is -3.95. The van der Waals surface area contributed by atoms with Crippen molar-refractivity contribution in [3.05, 3.63) is 54.5 Å². The molecule has 10 heteroatoms. The summed E-state index contributed by atoms with van der Waals surface area (Å²) in [7, 11) is 0. The van der Waals surface area contributed by atoms with Gasteiger partial charge in [0.1, 0.15) is 0 Å². The Morgan fingerprint density at radius 1 is 1.04 bits per heavy atom.